The predicted molar refractivity (Wildman–Crippen MR) is 95.3 cm³/mol. The van der Waals surface area contributed by atoms with Crippen LogP contribution in [0.1, 0.15) is 23.2 Å². The van der Waals surface area contributed by atoms with Gasteiger partial charge < -0.3 is 20.5 Å². The molecule has 1 aliphatic heterocycles. The second-order valence-corrected chi connectivity index (χ2v) is 7.00. The van der Waals surface area contributed by atoms with E-state index in [2.05, 4.69) is 10.3 Å². The van der Waals surface area contributed by atoms with Crippen molar-refractivity contribution in [1.82, 2.24) is 10.3 Å². The number of hydrogen-bond acceptors (Lipinski definition) is 5. The van der Waals surface area contributed by atoms with Crippen LogP contribution in [0.15, 0.2) is 24.4 Å². The third-order valence-corrected chi connectivity index (χ3v) is 5.26. The number of benzene rings is 1. The average molecular weight is 373 g/mol. The van der Waals surface area contributed by atoms with Crippen molar-refractivity contribution in [3.8, 4) is 11.6 Å². The highest BCUT2D eigenvalue weighted by Gasteiger charge is 2.50. The van der Waals surface area contributed by atoms with Crippen molar-refractivity contribution in [2.45, 2.75) is 25.1 Å². The zero-order valence-electron chi connectivity index (χ0n) is 14.8. The summed E-state index contributed by atoms with van der Waals surface area (Å²) in [7, 11) is 1.44. The van der Waals surface area contributed by atoms with Crippen LogP contribution in [0.5, 0.6) is 11.6 Å². The maximum absolute atomic E-state index is 14.2. The third kappa shape index (κ3) is 3.15. The number of nitrogens with two attached hydrogens (primary N) is 1. The number of rotatable bonds is 6. The van der Waals surface area contributed by atoms with Crippen LogP contribution in [-0.2, 0) is 4.79 Å². The van der Waals surface area contributed by atoms with Crippen molar-refractivity contribution >= 4 is 22.6 Å². The minimum Gasteiger partial charge on any atom is -0.496 e. The largest absolute Gasteiger partial charge is 0.496 e. The van der Waals surface area contributed by atoms with Gasteiger partial charge in [0.1, 0.15) is 12.4 Å². The van der Waals surface area contributed by atoms with Gasteiger partial charge in [-0.05, 0) is 42.3 Å². The van der Waals surface area contributed by atoms with E-state index in [9.17, 15) is 14.0 Å². The van der Waals surface area contributed by atoms with Gasteiger partial charge in [0.05, 0.1) is 18.7 Å². The lowest BCUT2D eigenvalue weighted by atomic mass is 9.94. The Labute approximate surface area is 155 Å². The van der Waals surface area contributed by atoms with Gasteiger partial charge in [-0.3, -0.25) is 9.59 Å². The molecule has 7 nitrogen and oxygen atoms in total. The van der Waals surface area contributed by atoms with E-state index < -0.39 is 18.0 Å². The summed E-state index contributed by atoms with van der Waals surface area (Å²) < 4.78 is 25.3. The summed E-state index contributed by atoms with van der Waals surface area (Å²) in [4.78, 5) is 27.6. The first-order valence-corrected chi connectivity index (χ1v) is 8.83. The van der Waals surface area contributed by atoms with Gasteiger partial charge in [-0.25, -0.2) is 9.37 Å². The Balaban J connectivity index is 1.60. The number of ether oxygens (including phenoxy) is 2. The average Bonchev–Trinajstić information content (AvgIpc) is 3.45. The van der Waals surface area contributed by atoms with E-state index in [-0.39, 0.29) is 30.0 Å². The van der Waals surface area contributed by atoms with Crippen molar-refractivity contribution in [1.29, 1.82) is 0 Å². The summed E-state index contributed by atoms with van der Waals surface area (Å²) in [5, 5.41) is 4.04. The highest BCUT2D eigenvalue weighted by Crippen LogP contribution is 2.43. The smallest absolute Gasteiger partial charge is 0.255 e. The van der Waals surface area contributed by atoms with E-state index in [0.29, 0.717) is 22.4 Å². The molecule has 1 aliphatic carbocycles. The molecule has 2 fully saturated rings. The Hall–Kier alpha value is -2.90. The van der Waals surface area contributed by atoms with Gasteiger partial charge in [-0.2, -0.15) is 0 Å². The molecule has 2 heterocycles. The molecule has 4 rings (SSSR count). The molecule has 1 aromatic carbocycles. The molecular formula is C19H20FN3O4. The van der Waals surface area contributed by atoms with Crippen molar-refractivity contribution in [3.05, 3.63) is 30.0 Å². The molecule has 3 N–H and O–H groups in total. The van der Waals surface area contributed by atoms with E-state index in [1.807, 2.05) is 0 Å². The molecule has 1 saturated carbocycles. The van der Waals surface area contributed by atoms with Crippen molar-refractivity contribution in [3.63, 3.8) is 0 Å². The number of alkyl halides is 1. The van der Waals surface area contributed by atoms with Crippen LogP contribution < -0.4 is 20.5 Å². The number of halogens is 1. The van der Waals surface area contributed by atoms with Crippen LogP contribution in [0.4, 0.5) is 4.39 Å². The Morgan fingerprint density at radius 2 is 2.19 bits per heavy atom. The van der Waals surface area contributed by atoms with Gasteiger partial charge in [-0.15, -0.1) is 0 Å². The predicted octanol–water partition coefficient (Wildman–Crippen LogP) is 1.58. The van der Waals surface area contributed by atoms with E-state index in [4.69, 9.17) is 15.2 Å². The maximum Gasteiger partial charge on any atom is 0.255 e. The van der Waals surface area contributed by atoms with Crippen LogP contribution in [0.25, 0.3) is 10.8 Å². The zero-order chi connectivity index (χ0) is 19.1. The van der Waals surface area contributed by atoms with Crippen molar-refractivity contribution < 1.29 is 23.5 Å². The number of nitrogens with zero attached hydrogens (tertiary/aromatic N) is 1. The third-order valence-electron chi connectivity index (χ3n) is 5.26. The lowest BCUT2D eigenvalue weighted by Crippen LogP contribution is -2.35. The molecule has 0 bridgehead atoms. The number of fused-ring (bicyclic) bond motifs is 1. The van der Waals surface area contributed by atoms with E-state index in [1.54, 1.807) is 24.4 Å². The molecule has 142 valence electrons. The van der Waals surface area contributed by atoms with E-state index in [1.165, 1.54) is 7.11 Å². The molecule has 2 aromatic rings. The Morgan fingerprint density at radius 1 is 1.41 bits per heavy atom. The first-order valence-electron chi connectivity index (χ1n) is 8.83. The summed E-state index contributed by atoms with van der Waals surface area (Å²) in [6.45, 7) is 0.124. The van der Waals surface area contributed by atoms with Gasteiger partial charge in [0, 0.05) is 17.5 Å². The molecule has 27 heavy (non-hydrogen) atoms. The van der Waals surface area contributed by atoms with E-state index >= 15 is 0 Å². The normalized spacial score (nSPS) is 24.7. The van der Waals surface area contributed by atoms with Gasteiger partial charge in [0.2, 0.25) is 5.88 Å². The summed E-state index contributed by atoms with van der Waals surface area (Å²) in [5.74, 6) is -0.647. The fourth-order valence-electron chi connectivity index (χ4n) is 3.76. The number of aromatic nitrogens is 1. The Morgan fingerprint density at radius 3 is 2.85 bits per heavy atom. The van der Waals surface area contributed by atoms with Crippen LogP contribution in [0.2, 0.25) is 0 Å². The number of amides is 2. The number of carbonyl (C=O) groups is 2. The lowest BCUT2D eigenvalue weighted by molar-refractivity contribution is -0.124. The number of primary amides is 1. The minimum absolute atomic E-state index is 0.124. The maximum atomic E-state index is 14.2. The van der Waals surface area contributed by atoms with Crippen LogP contribution >= 0.6 is 0 Å². The molecule has 2 amide bonds. The van der Waals surface area contributed by atoms with Gasteiger partial charge in [-0.1, -0.05) is 0 Å². The van der Waals surface area contributed by atoms with Gasteiger partial charge in [0.25, 0.3) is 11.8 Å². The molecular weight excluding hydrogens is 353 g/mol. The standard InChI is InChI=1S/C19H20FN3O4/c1-26-14-7-11-10(6-12(14)17(21)24)4-5-22-19(11)27-8-13-15(9-2-3-9)16(20)18(25)23-13/h4-7,9,13,15-16H,2-3,8H2,1H3,(H2,21,24)(H,23,25)/t13-,15?,16-/m1/s1. The summed E-state index contributed by atoms with van der Waals surface area (Å²) in [6.07, 6.45) is 1.95. The highest BCUT2D eigenvalue weighted by molar-refractivity contribution is 6.01. The van der Waals surface area contributed by atoms with Gasteiger partial charge in [0.15, 0.2) is 6.17 Å². The highest BCUT2D eigenvalue weighted by atomic mass is 19.1. The SMILES string of the molecule is COc1cc2c(OC[C@H]3NC(=O)[C@H](F)C3C3CC3)nccc2cc1C(N)=O. The van der Waals surface area contributed by atoms with E-state index in [0.717, 1.165) is 12.8 Å². The first-order chi connectivity index (χ1) is 13.0. The fourth-order valence-corrected chi connectivity index (χ4v) is 3.76. The second kappa shape index (κ2) is 6.68. The minimum atomic E-state index is -1.48. The number of nitrogens with one attached hydrogen (secondary N) is 1. The summed E-state index contributed by atoms with van der Waals surface area (Å²) >= 11 is 0. The number of pyridine rings is 1. The molecule has 0 radical (unpaired) electrons. The Kier molecular flexibility index (Phi) is 4.33. The number of methoxy groups -OCH3 is 1. The summed E-state index contributed by atoms with van der Waals surface area (Å²) in [5.41, 5.74) is 5.66. The lowest BCUT2D eigenvalue weighted by Gasteiger charge is -2.20. The molecule has 8 heteroatoms. The van der Waals surface area contributed by atoms with Crippen molar-refractivity contribution in [2.24, 2.45) is 17.6 Å². The van der Waals surface area contributed by atoms with Crippen LogP contribution in [-0.4, -0.2) is 42.7 Å². The molecule has 2 aliphatic rings. The van der Waals surface area contributed by atoms with Crippen molar-refractivity contribution in [2.75, 3.05) is 13.7 Å². The molecule has 1 aromatic heterocycles. The topological polar surface area (TPSA) is 104 Å². The van der Waals surface area contributed by atoms with Crippen LogP contribution in [0.3, 0.4) is 0 Å². The fraction of sp³-hybridized carbons (Fsp3) is 0.421. The monoisotopic (exact) mass is 373 g/mol. The molecule has 1 saturated heterocycles. The zero-order valence-corrected chi connectivity index (χ0v) is 14.8. The number of carbonyl (C=O) groups excluding carboxylic acids is 2. The second-order valence-electron chi connectivity index (χ2n) is 7.00. The molecule has 0 spiro atoms. The first kappa shape index (κ1) is 17.5. The molecule has 1 unspecified atom stereocenters. The molecule has 3 atom stereocenters. The summed E-state index contributed by atoms with van der Waals surface area (Å²) in [6, 6.07) is 4.61. The van der Waals surface area contributed by atoms with Gasteiger partial charge >= 0.3 is 0 Å². The Bertz CT molecular complexity index is 915. The number of hydrogen-bond donors (Lipinski definition) is 2. The van der Waals surface area contributed by atoms with Crippen LogP contribution in [0, 0.1) is 11.8 Å². The quantitative estimate of drug-likeness (QED) is 0.800.